The van der Waals surface area contributed by atoms with E-state index in [0.717, 1.165) is 18.8 Å². The summed E-state index contributed by atoms with van der Waals surface area (Å²) in [6.45, 7) is 3.84. The summed E-state index contributed by atoms with van der Waals surface area (Å²) in [6.07, 6.45) is 1.35. The van der Waals surface area contributed by atoms with Gasteiger partial charge in [0.1, 0.15) is 5.82 Å². The second kappa shape index (κ2) is 11.3. The first-order valence-electron chi connectivity index (χ1n) is 11.9. The van der Waals surface area contributed by atoms with Crippen molar-refractivity contribution in [3.05, 3.63) is 59.9 Å². The second-order valence-corrected chi connectivity index (χ2v) is 8.99. The molecule has 8 nitrogen and oxygen atoms in total. The van der Waals surface area contributed by atoms with E-state index < -0.39 is 5.82 Å². The minimum Gasteiger partial charge on any atom is -0.378 e. The van der Waals surface area contributed by atoms with Crippen LogP contribution >= 0.6 is 0 Å². The number of ether oxygens (including phenoxy) is 1. The Balaban J connectivity index is 1.28. The number of likely N-dealkylation sites (N-methyl/N-ethyl adjacent to an activating group) is 1. The Bertz CT molecular complexity index is 1040. The van der Waals surface area contributed by atoms with Crippen LogP contribution in [0.2, 0.25) is 0 Å². The molecule has 4 rings (SSSR count). The molecule has 2 saturated heterocycles. The van der Waals surface area contributed by atoms with E-state index in [4.69, 9.17) is 4.74 Å². The largest absolute Gasteiger partial charge is 0.378 e. The van der Waals surface area contributed by atoms with E-state index >= 15 is 0 Å². The molecule has 0 aliphatic carbocycles. The quantitative estimate of drug-likeness (QED) is 0.685. The van der Waals surface area contributed by atoms with E-state index in [1.54, 1.807) is 11.9 Å². The third kappa shape index (κ3) is 6.36. The smallest absolute Gasteiger partial charge is 0.253 e. The number of hydrogen-bond donors (Lipinski definition) is 1. The fraction of sp³-hybridized carbons (Fsp3) is 0.423. The van der Waals surface area contributed by atoms with E-state index in [2.05, 4.69) is 10.2 Å². The van der Waals surface area contributed by atoms with Crippen LogP contribution in [-0.2, 0) is 14.3 Å². The van der Waals surface area contributed by atoms with Crippen LogP contribution in [0.25, 0.3) is 0 Å². The Morgan fingerprint density at radius 2 is 1.71 bits per heavy atom. The lowest BCUT2D eigenvalue weighted by atomic mass is 9.96. The van der Waals surface area contributed by atoms with Crippen LogP contribution in [0.4, 0.5) is 15.8 Å². The molecule has 1 unspecified atom stereocenters. The average Bonchev–Trinajstić information content (AvgIpc) is 2.89. The molecule has 2 aliphatic rings. The van der Waals surface area contributed by atoms with Gasteiger partial charge >= 0.3 is 0 Å². The van der Waals surface area contributed by atoms with E-state index in [1.807, 2.05) is 24.3 Å². The summed E-state index contributed by atoms with van der Waals surface area (Å²) in [5.74, 6) is -1.45. The molecule has 186 valence electrons. The topological polar surface area (TPSA) is 82.2 Å². The Labute approximate surface area is 204 Å². The molecule has 35 heavy (non-hydrogen) atoms. The molecule has 1 N–H and O–H groups in total. The first kappa shape index (κ1) is 24.7. The Morgan fingerprint density at radius 3 is 2.40 bits per heavy atom. The van der Waals surface area contributed by atoms with Crippen molar-refractivity contribution in [2.45, 2.75) is 12.8 Å². The van der Waals surface area contributed by atoms with Crippen LogP contribution in [0.5, 0.6) is 0 Å². The number of anilines is 2. The number of piperidine rings is 1. The molecule has 2 fully saturated rings. The summed E-state index contributed by atoms with van der Waals surface area (Å²) in [5.41, 5.74) is 2.14. The molecule has 0 aromatic heterocycles. The number of likely N-dealkylation sites (tertiary alicyclic amines) is 1. The van der Waals surface area contributed by atoms with Crippen LogP contribution in [0.15, 0.2) is 48.5 Å². The lowest BCUT2D eigenvalue weighted by Crippen LogP contribution is -2.47. The highest BCUT2D eigenvalue weighted by molar-refractivity contribution is 5.96. The first-order chi connectivity index (χ1) is 16.9. The van der Waals surface area contributed by atoms with Gasteiger partial charge in [0.2, 0.25) is 11.8 Å². The zero-order chi connectivity index (χ0) is 24.8. The number of carbonyl (C=O) groups is 3. The van der Waals surface area contributed by atoms with Gasteiger partial charge in [-0.2, -0.15) is 0 Å². The van der Waals surface area contributed by atoms with Gasteiger partial charge in [-0.15, -0.1) is 0 Å². The Hall–Kier alpha value is -3.46. The zero-order valence-electron chi connectivity index (χ0n) is 19.9. The van der Waals surface area contributed by atoms with Gasteiger partial charge in [0.05, 0.1) is 25.7 Å². The number of halogens is 1. The van der Waals surface area contributed by atoms with Crippen molar-refractivity contribution in [3.8, 4) is 0 Å². The van der Waals surface area contributed by atoms with E-state index in [0.29, 0.717) is 43.9 Å². The number of nitrogens with one attached hydrogen (secondary N) is 1. The molecule has 0 spiro atoms. The normalized spacial score (nSPS) is 18.2. The number of hydrogen-bond acceptors (Lipinski definition) is 5. The molecule has 2 heterocycles. The van der Waals surface area contributed by atoms with Crippen molar-refractivity contribution in [1.29, 1.82) is 0 Å². The third-order valence-electron chi connectivity index (χ3n) is 6.43. The van der Waals surface area contributed by atoms with Crippen molar-refractivity contribution in [2.24, 2.45) is 5.92 Å². The molecule has 9 heteroatoms. The van der Waals surface area contributed by atoms with Gasteiger partial charge in [-0.3, -0.25) is 14.4 Å². The number of benzene rings is 2. The standard InChI is InChI=1S/C26H31FN4O4/c1-29(18-24(32)28-22-8-10-23(11-9-22)30-13-15-35-16-14-30)25(33)20-3-2-12-31(17-20)26(34)19-4-6-21(27)7-5-19/h4-11,20H,2-3,12-18H2,1H3,(H,28,32). The highest BCUT2D eigenvalue weighted by Crippen LogP contribution is 2.22. The maximum Gasteiger partial charge on any atom is 0.253 e. The van der Waals surface area contributed by atoms with Gasteiger partial charge < -0.3 is 24.8 Å². The van der Waals surface area contributed by atoms with Gasteiger partial charge in [-0.1, -0.05) is 0 Å². The molecule has 0 radical (unpaired) electrons. The molecule has 3 amide bonds. The fourth-order valence-corrected chi connectivity index (χ4v) is 4.52. The van der Waals surface area contributed by atoms with Crippen molar-refractivity contribution < 1.29 is 23.5 Å². The van der Waals surface area contributed by atoms with Crippen LogP contribution in [0.3, 0.4) is 0 Å². The van der Waals surface area contributed by atoms with E-state index in [9.17, 15) is 18.8 Å². The maximum atomic E-state index is 13.2. The molecular formula is C26H31FN4O4. The summed E-state index contributed by atoms with van der Waals surface area (Å²) < 4.78 is 18.5. The molecule has 0 bridgehead atoms. The molecular weight excluding hydrogens is 451 g/mol. The highest BCUT2D eigenvalue weighted by atomic mass is 19.1. The van der Waals surface area contributed by atoms with Crippen LogP contribution < -0.4 is 10.2 Å². The van der Waals surface area contributed by atoms with Gasteiger partial charge in [-0.25, -0.2) is 4.39 Å². The fourth-order valence-electron chi connectivity index (χ4n) is 4.52. The zero-order valence-corrected chi connectivity index (χ0v) is 19.9. The van der Waals surface area contributed by atoms with Gasteiger partial charge in [0.15, 0.2) is 0 Å². The van der Waals surface area contributed by atoms with Crippen LogP contribution in [0.1, 0.15) is 23.2 Å². The van der Waals surface area contributed by atoms with Crippen LogP contribution in [-0.4, -0.2) is 80.5 Å². The van der Waals surface area contributed by atoms with Crippen molar-refractivity contribution in [2.75, 3.05) is 63.2 Å². The Morgan fingerprint density at radius 1 is 1.03 bits per heavy atom. The van der Waals surface area contributed by atoms with E-state index in [1.165, 1.54) is 29.2 Å². The van der Waals surface area contributed by atoms with Gasteiger partial charge in [0.25, 0.3) is 5.91 Å². The maximum absolute atomic E-state index is 13.2. The summed E-state index contributed by atoms with van der Waals surface area (Å²) in [6, 6.07) is 13.0. The summed E-state index contributed by atoms with van der Waals surface area (Å²) >= 11 is 0. The predicted octanol–water partition coefficient (Wildman–Crippen LogP) is 2.61. The predicted molar refractivity (Wildman–Crippen MR) is 131 cm³/mol. The lowest BCUT2D eigenvalue weighted by Gasteiger charge is -2.34. The number of morpholine rings is 1. The molecule has 2 aromatic rings. The summed E-state index contributed by atoms with van der Waals surface area (Å²) in [4.78, 5) is 43.6. The second-order valence-electron chi connectivity index (χ2n) is 8.99. The van der Waals surface area contributed by atoms with Crippen molar-refractivity contribution >= 4 is 29.1 Å². The van der Waals surface area contributed by atoms with E-state index in [-0.39, 0.29) is 36.7 Å². The van der Waals surface area contributed by atoms with Gasteiger partial charge in [-0.05, 0) is 61.4 Å². The SMILES string of the molecule is CN(CC(=O)Nc1ccc(N2CCOCC2)cc1)C(=O)C1CCCN(C(=O)c2ccc(F)cc2)C1. The Kier molecular flexibility index (Phi) is 7.97. The lowest BCUT2D eigenvalue weighted by molar-refractivity contribution is -0.138. The average molecular weight is 483 g/mol. The third-order valence-corrected chi connectivity index (χ3v) is 6.43. The molecule has 1 atom stereocenters. The van der Waals surface area contributed by atoms with Crippen molar-refractivity contribution in [3.63, 3.8) is 0 Å². The molecule has 2 aromatic carbocycles. The van der Waals surface area contributed by atoms with Crippen LogP contribution in [0, 0.1) is 11.7 Å². The minimum atomic E-state index is -0.402. The molecule has 0 saturated carbocycles. The van der Waals surface area contributed by atoms with Gasteiger partial charge in [0, 0.05) is 50.2 Å². The summed E-state index contributed by atoms with van der Waals surface area (Å²) in [7, 11) is 1.60. The highest BCUT2D eigenvalue weighted by Gasteiger charge is 2.31. The number of amides is 3. The first-order valence-corrected chi connectivity index (χ1v) is 11.9. The minimum absolute atomic E-state index is 0.0769. The van der Waals surface area contributed by atoms with Crippen molar-refractivity contribution in [1.82, 2.24) is 9.80 Å². The summed E-state index contributed by atoms with van der Waals surface area (Å²) in [5, 5.41) is 2.84. The number of carbonyl (C=O) groups excluding carboxylic acids is 3. The number of rotatable bonds is 6. The monoisotopic (exact) mass is 482 g/mol. The molecule has 2 aliphatic heterocycles. The number of nitrogens with zero attached hydrogens (tertiary/aromatic N) is 3.